The number of aliphatic hydroxyl groups is 1. The molecule has 0 heterocycles. The van der Waals surface area contributed by atoms with Crippen molar-refractivity contribution < 1.29 is 18.4 Å². The van der Waals surface area contributed by atoms with Crippen LogP contribution >= 0.6 is 11.6 Å². The second-order valence-electron chi connectivity index (χ2n) is 3.37. The molecule has 7 nitrogen and oxygen atoms in total. The van der Waals surface area contributed by atoms with Crippen LogP contribution in [0, 0.1) is 10.1 Å². The van der Waals surface area contributed by atoms with Gasteiger partial charge in [-0.15, -0.1) is 0 Å². The molecule has 1 rings (SSSR count). The average molecular weight is 295 g/mol. The fourth-order valence-electron chi connectivity index (χ4n) is 1.24. The number of nitro groups is 1. The molecule has 0 amide bonds. The largest absolute Gasteiger partial charge is 0.395 e. The summed E-state index contributed by atoms with van der Waals surface area (Å²) in [6, 6.07) is 3.67. The highest BCUT2D eigenvalue weighted by molar-refractivity contribution is 7.89. The van der Waals surface area contributed by atoms with Gasteiger partial charge in [-0.3, -0.25) is 10.1 Å². The SMILES string of the molecule is O=[N+]([O-])Cc1cc(S(=O)(=O)NCCO)ccc1Cl. The Hall–Kier alpha value is -1.22. The van der Waals surface area contributed by atoms with Crippen LogP contribution in [0.15, 0.2) is 23.1 Å². The van der Waals surface area contributed by atoms with E-state index in [2.05, 4.69) is 4.72 Å². The molecule has 18 heavy (non-hydrogen) atoms. The summed E-state index contributed by atoms with van der Waals surface area (Å²) in [6.45, 7) is -1.02. The molecule has 0 spiro atoms. The van der Waals surface area contributed by atoms with E-state index in [1.165, 1.54) is 12.1 Å². The molecule has 0 aliphatic carbocycles. The van der Waals surface area contributed by atoms with Gasteiger partial charge in [0.2, 0.25) is 16.6 Å². The normalized spacial score (nSPS) is 11.4. The maximum atomic E-state index is 11.7. The molecule has 0 aliphatic rings. The summed E-state index contributed by atoms with van der Waals surface area (Å²) in [5.74, 6) is 0. The quantitative estimate of drug-likeness (QED) is 0.582. The molecule has 0 radical (unpaired) electrons. The summed E-state index contributed by atoms with van der Waals surface area (Å²) in [7, 11) is -3.79. The van der Waals surface area contributed by atoms with Gasteiger partial charge in [0.25, 0.3) is 0 Å². The van der Waals surface area contributed by atoms with E-state index in [0.29, 0.717) is 0 Å². The first kappa shape index (κ1) is 14.8. The zero-order valence-electron chi connectivity index (χ0n) is 9.17. The number of hydrogen-bond acceptors (Lipinski definition) is 5. The van der Waals surface area contributed by atoms with Crippen molar-refractivity contribution in [2.45, 2.75) is 11.4 Å². The minimum absolute atomic E-state index is 0.119. The molecule has 1 aromatic carbocycles. The van der Waals surface area contributed by atoms with Crippen LogP contribution in [0.3, 0.4) is 0 Å². The lowest BCUT2D eigenvalue weighted by atomic mass is 10.2. The van der Waals surface area contributed by atoms with Gasteiger partial charge >= 0.3 is 0 Å². The van der Waals surface area contributed by atoms with Crippen molar-refractivity contribution in [1.82, 2.24) is 4.72 Å². The third-order valence-electron chi connectivity index (χ3n) is 2.03. The number of sulfonamides is 1. The van der Waals surface area contributed by atoms with Gasteiger partial charge in [0.15, 0.2) is 0 Å². The summed E-state index contributed by atoms with van der Waals surface area (Å²) >= 11 is 5.74. The third-order valence-corrected chi connectivity index (χ3v) is 3.86. The first-order chi connectivity index (χ1) is 8.36. The lowest BCUT2D eigenvalue weighted by Gasteiger charge is -2.07. The molecule has 0 fully saturated rings. The Labute approximate surface area is 109 Å². The van der Waals surface area contributed by atoms with Crippen molar-refractivity contribution in [3.05, 3.63) is 38.9 Å². The fraction of sp³-hybridized carbons (Fsp3) is 0.333. The molecule has 0 saturated carbocycles. The van der Waals surface area contributed by atoms with Crippen LogP contribution in [-0.4, -0.2) is 31.6 Å². The van der Waals surface area contributed by atoms with Gasteiger partial charge in [0.05, 0.1) is 16.5 Å². The molecule has 100 valence electrons. The van der Waals surface area contributed by atoms with Crippen LogP contribution < -0.4 is 4.72 Å². The average Bonchev–Trinajstić information content (AvgIpc) is 2.28. The predicted molar refractivity (Wildman–Crippen MR) is 64.4 cm³/mol. The van der Waals surface area contributed by atoms with E-state index < -0.39 is 21.5 Å². The van der Waals surface area contributed by atoms with Crippen molar-refractivity contribution in [2.75, 3.05) is 13.2 Å². The Morgan fingerprint density at radius 3 is 2.67 bits per heavy atom. The van der Waals surface area contributed by atoms with Crippen LogP contribution in [0.1, 0.15) is 5.56 Å². The van der Waals surface area contributed by atoms with Crippen LogP contribution in [0.5, 0.6) is 0 Å². The van der Waals surface area contributed by atoms with Crippen molar-refractivity contribution in [1.29, 1.82) is 0 Å². The van der Waals surface area contributed by atoms with E-state index in [1.54, 1.807) is 0 Å². The Kier molecular flexibility index (Phi) is 5.03. The van der Waals surface area contributed by atoms with Gasteiger partial charge in [-0.1, -0.05) is 11.6 Å². The smallest absolute Gasteiger partial charge is 0.240 e. The lowest BCUT2D eigenvalue weighted by molar-refractivity contribution is -0.496. The second kappa shape index (κ2) is 6.10. The van der Waals surface area contributed by atoms with E-state index >= 15 is 0 Å². The van der Waals surface area contributed by atoms with Gasteiger partial charge < -0.3 is 5.11 Å². The summed E-state index contributed by atoms with van der Waals surface area (Å²) in [6.07, 6.45) is 0. The predicted octanol–water partition coefficient (Wildman–Crippen LogP) is 0.387. The van der Waals surface area contributed by atoms with Gasteiger partial charge in [-0.2, -0.15) is 0 Å². The summed E-state index contributed by atoms with van der Waals surface area (Å²) < 4.78 is 25.5. The molecule has 0 saturated heterocycles. The second-order valence-corrected chi connectivity index (χ2v) is 5.54. The third kappa shape index (κ3) is 3.91. The van der Waals surface area contributed by atoms with Gasteiger partial charge in [-0.25, -0.2) is 13.1 Å². The van der Waals surface area contributed by atoms with E-state index in [0.717, 1.165) is 6.07 Å². The van der Waals surface area contributed by atoms with Crippen LogP contribution in [0.2, 0.25) is 5.02 Å². The van der Waals surface area contributed by atoms with E-state index in [-0.39, 0.29) is 28.6 Å². The number of benzene rings is 1. The summed E-state index contributed by atoms with van der Waals surface area (Å²) in [4.78, 5) is 9.68. The number of nitrogens with one attached hydrogen (secondary N) is 1. The van der Waals surface area contributed by atoms with E-state index in [9.17, 15) is 18.5 Å². The molecule has 1 aromatic rings. The topological polar surface area (TPSA) is 110 Å². The highest BCUT2D eigenvalue weighted by atomic mass is 35.5. The standard InChI is InChI=1S/C9H11ClN2O5S/c10-9-2-1-8(5-7(9)6-12(14)15)18(16,17)11-3-4-13/h1-2,5,11,13H,3-4,6H2. The van der Waals surface area contributed by atoms with Crippen molar-refractivity contribution in [2.24, 2.45) is 0 Å². The molecule has 0 bridgehead atoms. The van der Waals surface area contributed by atoms with Gasteiger partial charge in [0.1, 0.15) is 0 Å². The molecular weight excluding hydrogens is 284 g/mol. The Morgan fingerprint density at radius 2 is 2.11 bits per heavy atom. The Balaban J connectivity index is 3.08. The maximum Gasteiger partial charge on any atom is 0.240 e. The first-order valence-corrected chi connectivity index (χ1v) is 6.73. The van der Waals surface area contributed by atoms with Crippen molar-refractivity contribution >= 4 is 21.6 Å². The molecule has 0 unspecified atom stereocenters. The summed E-state index contributed by atoms with van der Waals surface area (Å²) in [5.41, 5.74) is 0.119. The van der Waals surface area contributed by atoms with E-state index in [1.807, 2.05) is 0 Å². The van der Waals surface area contributed by atoms with Crippen LogP contribution in [0.4, 0.5) is 0 Å². The minimum atomic E-state index is -3.79. The number of halogens is 1. The van der Waals surface area contributed by atoms with Crippen molar-refractivity contribution in [3.63, 3.8) is 0 Å². The number of aliphatic hydroxyl groups excluding tert-OH is 1. The number of hydrogen-bond donors (Lipinski definition) is 2. The molecule has 9 heteroatoms. The zero-order chi connectivity index (χ0) is 13.8. The molecule has 0 atom stereocenters. The summed E-state index contributed by atoms with van der Waals surface area (Å²) in [5, 5.41) is 19.1. The monoisotopic (exact) mass is 294 g/mol. The maximum absolute atomic E-state index is 11.7. The van der Waals surface area contributed by atoms with Crippen LogP contribution in [-0.2, 0) is 16.6 Å². The minimum Gasteiger partial charge on any atom is -0.395 e. The molecule has 0 aromatic heterocycles. The highest BCUT2D eigenvalue weighted by Crippen LogP contribution is 2.21. The number of nitrogens with zero attached hydrogens (tertiary/aromatic N) is 1. The van der Waals surface area contributed by atoms with Gasteiger partial charge in [-0.05, 0) is 18.2 Å². The number of rotatable bonds is 6. The van der Waals surface area contributed by atoms with Crippen molar-refractivity contribution in [3.8, 4) is 0 Å². The Bertz CT molecular complexity index is 546. The van der Waals surface area contributed by atoms with E-state index in [4.69, 9.17) is 16.7 Å². The fourth-order valence-corrected chi connectivity index (χ4v) is 2.49. The van der Waals surface area contributed by atoms with Crippen LogP contribution in [0.25, 0.3) is 0 Å². The molecule has 0 aliphatic heterocycles. The highest BCUT2D eigenvalue weighted by Gasteiger charge is 2.16. The first-order valence-electron chi connectivity index (χ1n) is 4.87. The molecule has 2 N–H and O–H groups in total. The van der Waals surface area contributed by atoms with Gasteiger partial charge in [0, 0.05) is 17.0 Å². The lowest BCUT2D eigenvalue weighted by Crippen LogP contribution is -2.26. The molecular formula is C9H11ClN2O5S. The Morgan fingerprint density at radius 1 is 1.44 bits per heavy atom. The zero-order valence-corrected chi connectivity index (χ0v) is 10.7.